The van der Waals surface area contributed by atoms with E-state index in [1.807, 2.05) is 18.2 Å². The van der Waals surface area contributed by atoms with Crippen LogP contribution in [0.1, 0.15) is 25.0 Å². The summed E-state index contributed by atoms with van der Waals surface area (Å²) < 4.78 is 14.1. The Labute approximate surface area is 83.3 Å². The van der Waals surface area contributed by atoms with Crippen LogP contribution in [0.2, 0.25) is 0 Å². The maximum atomic E-state index is 14.1. The van der Waals surface area contributed by atoms with Gasteiger partial charge >= 0.3 is 0 Å². The molecule has 2 unspecified atom stereocenters. The normalized spacial score (nSPS) is 32.0. The third kappa shape index (κ3) is 2.10. The van der Waals surface area contributed by atoms with Crippen LogP contribution < -0.4 is 5.73 Å². The molecule has 2 nitrogen and oxygen atoms in total. The van der Waals surface area contributed by atoms with Crippen LogP contribution >= 0.6 is 0 Å². The molecule has 0 aromatic carbocycles. The Hall–Kier alpha value is -0.960. The molecule has 2 N–H and O–H groups in total. The zero-order valence-electron chi connectivity index (χ0n) is 8.12. The minimum absolute atomic E-state index is 0.0312. The second-order valence-electron chi connectivity index (χ2n) is 4.15. The fraction of sp³-hybridized carbons (Fsp3) is 0.545. The van der Waals surface area contributed by atoms with Crippen molar-refractivity contribution in [3.05, 3.63) is 30.1 Å². The van der Waals surface area contributed by atoms with Gasteiger partial charge < -0.3 is 5.73 Å². The molecule has 0 saturated heterocycles. The third-order valence-electron chi connectivity index (χ3n) is 2.82. The summed E-state index contributed by atoms with van der Waals surface area (Å²) in [4.78, 5) is 4.13. The van der Waals surface area contributed by atoms with E-state index in [0.29, 0.717) is 19.3 Å². The largest absolute Gasteiger partial charge is 0.328 e. The number of nitrogens with two attached hydrogens (primary N) is 1. The molecule has 0 radical (unpaired) electrons. The smallest absolute Gasteiger partial charge is 0.118 e. The van der Waals surface area contributed by atoms with Crippen molar-refractivity contribution in [2.45, 2.75) is 37.4 Å². The molecule has 1 aromatic heterocycles. The summed E-state index contributed by atoms with van der Waals surface area (Å²) in [6.07, 6.45) is 3.95. The van der Waals surface area contributed by atoms with Gasteiger partial charge in [-0.2, -0.15) is 0 Å². The Balaban J connectivity index is 2.04. The van der Waals surface area contributed by atoms with Crippen molar-refractivity contribution in [2.24, 2.45) is 5.73 Å². The highest BCUT2D eigenvalue weighted by molar-refractivity contribution is 5.09. The van der Waals surface area contributed by atoms with Crippen molar-refractivity contribution >= 4 is 0 Å². The molecule has 1 heterocycles. The van der Waals surface area contributed by atoms with E-state index in [2.05, 4.69) is 4.98 Å². The van der Waals surface area contributed by atoms with Gasteiger partial charge in [0, 0.05) is 24.4 Å². The van der Waals surface area contributed by atoms with Crippen molar-refractivity contribution in [1.29, 1.82) is 0 Å². The number of pyridine rings is 1. The topological polar surface area (TPSA) is 38.9 Å². The van der Waals surface area contributed by atoms with Crippen LogP contribution in [-0.2, 0) is 6.42 Å². The first-order valence-electron chi connectivity index (χ1n) is 5.02. The molecular weight excluding hydrogens is 179 g/mol. The second kappa shape index (κ2) is 3.65. The summed E-state index contributed by atoms with van der Waals surface area (Å²) in [5, 5.41) is 0. The molecule has 3 heteroatoms. The second-order valence-corrected chi connectivity index (χ2v) is 4.15. The van der Waals surface area contributed by atoms with Crippen molar-refractivity contribution in [2.75, 3.05) is 0 Å². The quantitative estimate of drug-likeness (QED) is 0.780. The maximum Gasteiger partial charge on any atom is 0.118 e. The van der Waals surface area contributed by atoms with Crippen molar-refractivity contribution in [3.8, 4) is 0 Å². The standard InChI is InChI=1S/C11H15FN2/c12-11(5-4-9(13)7-11)8-10-3-1-2-6-14-10/h1-3,6,9H,4-5,7-8,13H2. The van der Waals surface area contributed by atoms with E-state index in [-0.39, 0.29) is 6.04 Å². The zero-order valence-corrected chi connectivity index (χ0v) is 8.12. The van der Waals surface area contributed by atoms with Crippen LogP contribution in [0, 0.1) is 0 Å². The molecule has 2 rings (SSSR count). The summed E-state index contributed by atoms with van der Waals surface area (Å²) in [5.74, 6) is 0. The Morgan fingerprint density at radius 1 is 1.57 bits per heavy atom. The van der Waals surface area contributed by atoms with Crippen LogP contribution in [0.3, 0.4) is 0 Å². The minimum Gasteiger partial charge on any atom is -0.328 e. The Bertz CT molecular complexity index is 301. The maximum absolute atomic E-state index is 14.1. The summed E-state index contributed by atoms with van der Waals surface area (Å²) in [7, 11) is 0. The van der Waals surface area contributed by atoms with Gasteiger partial charge in [-0.1, -0.05) is 6.07 Å². The highest BCUT2D eigenvalue weighted by atomic mass is 19.1. The Morgan fingerprint density at radius 2 is 2.43 bits per heavy atom. The molecule has 76 valence electrons. The number of halogens is 1. The van der Waals surface area contributed by atoms with Crippen molar-refractivity contribution < 1.29 is 4.39 Å². The lowest BCUT2D eigenvalue weighted by atomic mass is 9.97. The van der Waals surface area contributed by atoms with Gasteiger partial charge in [0.1, 0.15) is 5.67 Å². The van der Waals surface area contributed by atoms with E-state index < -0.39 is 5.67 Å². The van der Waals surface area contributed by atoms with Gasteiger partial charge in [-0.3, -0.25) is 4.98 Å². The molecule has 0 bridgehead atoms. The number of rotatable bonds is 2. The molecule has 1 aliphatic rings. The van der Waals surface area contributed by atoms with Crippen LogP contribution in [0.25, 0.3) is 0 Å². The monoisotopic (exact) mass is 194 g/mol. The fourth-order valence-corrected chi connectivity index (χ4v) is 2.11. The first-order valence-corrected chi connectivity index (χ1v) is 5.02. The Kier molecular flexibility index (Phi) is 2.50. The summed E-state index contributed by atoms with van der Waals surface area (Å²) in [6.45, 7) is 0. The van der Waals surface area contributed by atoms with Gasteiger partial charge in [-0.15, -0.1) is 0 Å². The number of aromatic nitrogens is 1. The summed E-state index contributed by atoms with van der Waals surface area (Å²) in [5.41, 5.74) is 5.41. The number of nitrogens with zero attached hydrogens (tertiary/aromatic N) is 1. The van der Waals surface area contributed by atoms with Crippen LogP contribution in [-0.4, -0.2) is 16.7 Å². The molecule has 0 spiro atoms. The van der Waals surface area contributed by atoms with Crippen molar-refractivity contribution in [3.63, 3.8) is 0 Å². The minimum atomic E-state index is -1.12. The van der Waals surface area contributed by atoms with E-state index in [9.17, 15) is 4.39 Å². The number of hydrogen-bond donors (Lipinski definition) is 1. The number of hydrogen-bond acceptors (Lipinski definition) is 2. The molecule has 1 saturated carbocycles. The average Bonchev–Trinajstić information content (AvgIpc) is 2.47. The molecule has 0 amide bonds. The average molecular weight is 194 g/mol. The molecule has 2 atom stereocenters. The highest BCUT2D eigenvalue weighted by Gasteiger charge is 2.38. The van der Waals surface area contributed by atoms with Gasteiger partial charge in [0.15, 0.2) is 0 Å². The molecule has 1 aromatic rings. The Morgan fingerprint density at radius 3 is 3.00 bits per heavy atom. The zero-order chi connectivity index (χ0) is 10.0. The van der Waals surface area contributed by atoms with Gasteiger partial charge in [0.05, 0.1) is 0 Å². The first-order chi connectivity index (χ1) is 6.68. The van der Waals surface area contributed by atoms with E-state index >= 15 is 0 Å². The van der Waals surface area contributed by atoms with Crippen LogP contribution in [0.4, 0.5) is 4.39 Å². The molecule has 1 aliphatic carbocycles. The van der Waals surface area contributed by atoms with Crippen LogP contribution in [0.15, 0.2) is 24.4 Å². The van der Waals surface area contributed by atoms with Crippen LogP contribution in [0.5, 0.6) is 0 Å². The summed E-state index contributed by atoms with van der Waals surface area (Å²) >= 11 is 0. The van der Waals surface area contributed by atoms with E-state index in [0.717, 1.165) is 12.1 Å². The van der Waals surface area contributed by atoms with E-state index in [4.69, 9.17) is 5.73 Å². The molecule has 0 aliphatic heterocycles. The van der Waals surface area contributed by atoms with Gasteiger partial charge in [0.2, 0.25) is 0 Å². The lowest BCUT2D eigenvalue weighted by Crippen LogP contribution is -2.26. The fourth-order valence-electron chi connectivity index (χ4n) is 2.11. The predicted molar refractivity (Wildman–Crippen MR) is 53.6 cm³/mol. The molecular formula is C11H15FN2. The highest BCUT2D eigenvalue weighted by Crippen LogP contribution is 2.35. The first kappa shape index (κ1) is 9.59. The third-order valence-corrected chi connectivity index (χ3v) is 2.82. The van der Waals surface area contributed by atoms with E-state index in [1.54, 1.807) is 6.20 Å². The molecule has 1 fully saturated rings. The molecule has 14 heavy (non-hydrogen) atoms. The van der Waals surface area contributed by atoms with Gasteiger partial charge in [-0.25, -0.2) is 4.39 Å². The van der Waals surface area contributed by atoms with E-state index in [1.165, 1.54) is 0 Å². The number of alkyl halides is 1. The SMILES string of the molecule is NC1CCC(F)(Cc2ccccn2)C1. The van der Waals surface area contributed by atoms with Gasteiger partial charge in [-0.05, 0) is 31.4 Å². The summed E-state index contributed by atoms with van der Waals surface area (Å²) in [6, 6.07) is 5.63. The van der Waals surface area contributed by atoms with Crippen molar-refractivity contribution in [1.82, 2.24) is 4.98 Å². The lowest BCUT2D eigenvalue weighted by Gasteiger charge is -2.18. The van der Waals surface area contributed by atoms with Gasteiger partial charge in [0.25, 0.3) is 0 Å². The lowest BCUT2D eigenvalue weighted by molar-refractivity contribution is 0.169. The predicted octanol–water partition coefficient (Wildman–Crippen LogP) is 1.84.